The number of ether oxygens (including phenoxy) is 1. The molecule has 2 N–H and O–H groups in total. The molecule has 27 heavy (non-hydrogen) atoms. The quantitative estimate of drug-likeness (QED) is 0.513. The van der Waals surface area contributed by atoms with Crippen LogP contribution in [-0.2, 0) is 13.1 Å². The Labute approximate surface area is 160 Å². The second kappa shape index (κ2) is 10.1. The minimum absolute atomic E-state index is 0.0219. The van der Waals surface area contributed by atoms with Gasteiger partial charge in [-0.3, -0.25) is 0 Å². The molecular formula is C18H23F3N4OS. The topological polar surface area (TPSA) is 58.5 Å². The number of thiazole rings is 1. The van der Waals surface area contributed by atoms with Crippen LogP contribution in [-0.4, -0.2) is 24.1 Å². The van der Waals surface area contributed by atoms with Crippen LogP contribution >= 0.6 is 11.3 Å². The van der Waals surface area contributed by atoms with Gasteiger partial charge in [0.25, 0.3) is 0 Å². The molecule has 0 atom stereocenters. The fraction of sp³-hybridized carbons (Fsp3) is 0.444. The van der Waals surface area contributed by atoms with E-state index in [2.05, 4.69) is 39.2 Å². The zero-order valence-corrected chi connectivity index (χ0v) is 16.2. The van der Waals surface area contributed by atoms with Gasteiger partial charge in [0, 0.05) is 11.9 Å². The molecule has 0 saturated heterocycles. The summed E-state index contributed by atoms with van der Waals surface area (Å²) in [5.41, 5.74) is 1.00. The molecule has 1 aromatic heterocycles. The summed E-state index contributed by atoms with van der Waals surface area (Å²) in [5, 5.41) is 9.06. The predicted molar refractivity (Wildman–Crippen MR) is 101 cm³/mol. The number of alkyl halides is 2. The van der Waals surface area contributed by atoms with Gasteiger partial charge in [0.15, 0.2) is 5.96 Å². The van der Waals surface area contributed by atoms with Crippen LogP contribution in [0.15, 0.2) is 28.6 Å². The lowest BCUT2D eigenvalue weighted by Gasteiger charge is -2.12. The Morgan fingerprint density at radius 1 is 1.30 bits per heavy atom. The average Bonchev–Trinajstić information content (AvgIpc) is 3.08. The molecule has 2 rings (SSSR count). The maximum absolute atomic E-state index is 14.0. The van der Waals surface area contributed by atoms with Crippen molar-refractivity contribution in [1.82, 2.24) is 15.6 Å². The molecule has 0 bridgehead atoms. The summed E-state index contributed by atoms with van der Waals surface area (Å²) in [7, 11) is 0. The number of guanidine groups is 1. The molecule has 1 aromatic carbocycles. The van der Waals surface area contributed by atoms with Crippen LogP contribution in [0.3, 0.4) is 0 Å². The fourth-order valence-electron chi connectivity index (χ4n) is 2.23. The van der Waals surface area contributed by atoms with Gasteiger partial charge in [-0.1, -0.05) is 19.9 Å². The molecule has 0 aliphatic heterocycles. The van der Waals surface area contributed by atoms with Crippen LogP contribution in [0.4, 0.5) is 13.2 Å². The van der Waals surface area contributed by atoms with Gasteiger partial charge in [0.2, 0.25) is 0 Å². The summed E-state index contributed by atoms with van der Waals surface area (Å²) in [4.78, 5) is 8.81. The molecule has 0 radical (unpaired) electrons. The second-order valence-corrected chi connectivity index (χ2v) is 6.91. The molecule has 1 heterocycles. The first-order valence-corrected chi connectivity index (χ1v) is 9.47. The van der Waals surface area contributed by atoms with E-state index < -0.39 is 12.4 Å². The van der Waals surface area contributed by atoms with E-state index in [9.17, 15) is 13.2 Å². The van der Waals surface area contributed by atoms with Crippen LogP contribution in [0, 0.1) is 5.82 Å². The van der Waals surface area contributed by atoms with E-state index in [0.29, 0.717) is 25.0 Å². The van der Waals surface area contributed by atoms with Gasteiger partial charge in [0.1, 0.15) is 16.6 Å². The van der Waals surface area contributed by atoms with Crippen LogP contribution in [0.25, 0.3) is 0 Å². The van der Waals surface area contributed by atoms with Crippen molar-refractivity contribution >= 4 is 17.3 Å². The SMILES string of the molecule is CCNC(=NCc1c(F)cccc1OC(F)F)NCc1nc(C(C)C)cs1. The first kappa shape index (κ1) is 21.0. The smallest absolute Gasteiger partial charge is 0.387 e. The molecule has 0 aliphatic rings. The number of aromatic nitrogens is 1. The van der Waals surface area contributed by atoms with Crippen LogP contribution in [0.5, 0.6) is 5.75 Å². The average molecular weight is 400 g/mol. The van der Waals surface area contributed by atoms with Gasteiger partial charge in [-0.2, -0.15) is 8.78 Å². The van der Waals surface area contributed by atoms with E-state index in [1.54, 1.807) is 11.3 Å². The van der Waals surface area contributed by atoms with Gasteiger partial charge in [0.05, 0.1) is 24.3 Å². The lowest BCUT2D eigenvalue weighted by Crippen LogP contribution is -2.36. The minimum atomic E-state index is -3.03. The van der Waals surface area contributed by atoms with E-state index in [0.717, 1.165) is 10.7 Å². The van der Waals surface area contributed by atoms with Crippen molar-refractivity contribution in [3.05, 3.63) is 45.7 Å². The van der Waals surface area contributed by atoms with E-state index in [1.165, 1.54) is 18.2 Å². The van der Waals surface area contributed by atoms with Crippen molar-refractivity contribution in [3.63, 3.8) is 0 Å². The highest BCUT2D eigenvalue weighted by atomic mass is 32.1. The van der Waals surface area contributed by atoms with Gasteiger partial charge in [-0.15, -0.1) is 11.3 Å². The minimum Gasteiger partial charge on any atom is -0.434 e. The van der Waals surface area contributed by atoms with Gasteiger partial charge >= 0.3 is 6.61 Å². The number of halogens is 3. The highest BCUT2D eigenvalue weighted by molar-refractivity contribution is 7.09. The normalized spacial score (nSPS) is 11.9. The summed E-state index contributed by atoms with van der Waals surface area (Å²) >= 11 is 1.54. The number of aliphatic imine (C=N–C) groups is 1. The second-order valence-electron chi connectivity index (χ2n) is 5.96. The molecule has 2 aromatic rings. The van der Waals surface area contributed by atoms with Crippen molar-refractivity contribution < 1.29 is 17.9 Å². The monoisotopic (exact) mass is 400 g/mol. The van der Waals surface area contributed by atoms with Crippen molar-refractivity contribution in [2.45, 2.75) is 46.4 Å². The van der Waals surface area contributed by atoms with Crippen molar-refractivity contribution in [1.29, 1.82) is 0 Å². The standard InChI is InChI=1S/C18H23F3N4OS/c1-4-22-18(24-9-16-25-14(10-27-16)11(2)3)23-8-12-13(19)6-5-7-15(12)26-17(20)21/h5-7,10-11,17H,4,8-9H2,1-3H3,(H2,22,23,24). The van der Waals surface area contributed by atoms with E-state index in [1.807, 2.05) is 12.3 Å². The molecule has 9 heteroatoms. The molecule has 0 spiro atoms. The third kappa shape index (κ3) is 6.42. The molecule has 0 amide bonds. The Bertz CT molecular complexity index is 765. The van der Waals surface area contributed by atoms with Gasteiger partial charge in [-0.25, -0.2) is 14.4 Å². The third-order valence-corrected chi connectivity index (χ3v) is 4.47. The highest BCUT2D eigenvalue weighted by Crippen LogP contribution is 2.24. The maximum atomic E-state index is 14.0. The highest BCUT2D eigenvalue weighted by Gasteiger charge is 2.14. The largest absolute Gasteiger partial charge is 0.434 e. The Hall–Kier alpha value is -2.29. The number of hydrogen-bond donors (Lipinski definition) is 2. The van der Waals surface area contributed by atoms with Crippen LogP contribution in [0.2, 0.25) is 0 Å². The zero-order chi connectivity index (χ0) is 19.8. The third-order valence-electron chi connectivity index (χ3n) is 3.60. The number of hydrogen-bond acceptors (Lipinski definition) is 4. The van der Waals surface area contributed by atoms with Crippen molar-refractivity contribution in [2.75, 3.05) is 6.54 Å². The summed E-state index contributed by atoms with van der Waals surface area (Å²) < 4.78 is 43.4. The van der Waals surface area contributed by atoms with Gasteiger partial charge < -0.3 is 15.4 Å². The maximum Gasteiger partial charge on any atom is 0.387 e. The number of nitrogens with zero attached hydrogens (tertiary/aromatic N) is 2. The Kier molecular flexibility index (Phi) is 7.90. The lowest BCUT2D eigenvalue weighted by molar-refractivity contribution is -0.0506. The molecule has 5 nitrogen and oxygen atoms in total. The lowest BCUT2D eigenvalue weighted by atomic mass is 10.2. The number of benzene rings is 1. The molecule has 0 saturated carbocycles. The summed E-state index contributed by atoms with van der Waals surface area (Å²) in [6.07, 6.45) is 0. The van der Waals surface area contributed by atoms with Crippen LogP contribution < -0.4 is 15.4 Å². The number of nitrogens with one attached hydrogen (secondary N) is 2. The Balaban J connectivity index is 2.08. The van der Waals surface area contributed by atoms with E-state index in [-0.39, 0.29) is 17.9 Å². The van der Waals surface area contributed by atoms with Crippen molar-refractivity contribution in [2.24, 2.45) is 4.99 Å². The summed E-state index contributed by atoms with van der Waals surface area (Å²) in [6, 6.07) is 3.80. The van der Waals surface area contributed by atoms with Crippen molar-refractivity contribution in [3.8, 4) is 5.75 Å². The fourth-order valence-corrected chi connectivity index (χ4v) is 3.12. The molecular weight excluding hydrogens is 377 g/mol. The molecule has 148 valence electrons. The summed E-state index contributed by atoms with van der Waals surface area (Å²) in [6.45, 7) is 3.93. The van der Waals surface area contributed by atoms with Gasteiger partial charge in [-0.05, 0) is 25.0 Å². The first-order chi connectivity index (χ1) is 12.9. The Morgan fingerprint density at radius 3 is 2.70 bits per heavy atom. The predicted octanol–water partition coefficient (Wildman–Crippen LogP) is 4.26. The summed E-state index contributed by atoms with van der Waals surface area (Å²) in [5.74, 6) is -0.0726. The molecule has 0 unspecified atom stereocenters. The van der Waals surface area contributed by atoms with E-state index in [4.69, 9.17) is 0 Å². The Morgan fingerprint density at radius 2 is 2.07 bits per heavy atom. The molecule has 0 fully saturated rings. The van der Waals surface area contributed by atoms with E-state index >= 15 is 0 Å². The number of rotatable bonds is 8. The molecule has 0 aliphatic carbocycles. The van der Waals surface area contributed by atoms with Crippen LogP contribution in [0.1, 0.15) is 43.0 Å². The first-order valence-electron chi connectivity index (χ1n) is 8.59. The zero-order valence-electron chi connectivity index (χ0n) is 15.4.